The highest BCUT2D eigenvalue weighted by Crippen LogP contribution is 2.31. The number of aliphatic hydroxyl groups excluding tert-OH is 1. The molecule has 19 heavy (non-hydrogen) atoms. The molecule has 0 heterocycles. The molecule has 8 heteroatoms. The average Bonchev–Trinajstić information content (AvgIpc) is 2.30. The molecule has 0 aliphatic carbocycles. The molecule has 0 unspecified atom stereocenters. The third-order valence-electron chi connectivity index (χ3n) is 2.32. The van der Waals surface area contributed by atoms with Crippen molar-refractivity contribution >= 4 is 11.7 Å². The summed E-state index contributed by atoms with van der Waals surface area (Å²) in [4.78, 5) is 12.5. The van der Waals surface area contributed by atoms with Gasteiger partial charge in [0.25, 0.3) is 0 Å². The third kappa shape index (κ3) is 4.09. The smallest absolute Gasteiger partial charge is 0.395 e. The van der Waals surface area contributed by atoms with E-state index in [-0.39, 0.29) is 13.2 Å². The number of nitrogens with zero attached hydrogens (tertiary/aromatic N) is 1. The largest absolute Gasteiger partial charge is 0.416 e. The Kier molecular flexibility index (Phi) is 4.71. The number of alkyl halides is 3. The summed E-state index contributed by atoms with van der Waals surface area (Å²) in [6.07, 6.45) is -4.62. The molecule has 2 N–H and O–H groups in total. The van der Waals surface area contributed by atoms with Crippen LogP contribution in [0, 0.1) is 5.82 Å². The molecule has 0 aliphatic rings. The Bertz CT molecular complexity index is 462. The number of amides is 2. The van der Waals surface area contributed by atoms with Crippen LogP contribution in [-0.4, -0.2) is 36.2 Å². The van der Waals surface area contributed by atoms with E-state index in [2.05, 4.69) is 0 Å². The molecule has 0 aromatic heterocycles. The van der Waals surface area contributed by atoms with E-state index in [0.717, 1.165) is 4.90 Å². The summed E-state index contributed by atoms with van der Waals surface area (Å²) in [5, 5.41) is 10.6. The molecular weight excluding hydrogens is 268 g/mol. The van der Waals surface area contributed by atoms with Crippen molar-refractivity contribution in [3.63, 3.8) is 0 Å². The van der Waals surface area contributed by atoms with Gasteiger partial charge in [0.15, 0.2) is 0 Å². The van der Waals surface area contributed by atoms with E-state index in [4.69, 9.17) is 5.11 Å². The van der Waals surface area contributed by atoms with E-state index in [1.54, 1.807) is 0 Å². The summed E-state index contributed by atoms with van der Waals surface area (Å²) >= 11 is 0. The lowest BCUT2D eigenvalue weighted by atomic mass is 10.2. The molecule has 1 aromatic rings. The number of aliphatic hydroxyl groups is 1. The van der Waals surface area contributed by atoms with Crippen LogP contribution in [0.2, 0.25) is 0 Å². The Morgan fingerprint density at radius 1 is 1.42 bits per heavy atom. The zero-order valence-electron chi connectivity index (χ0n) is 9.96. The first kappa shape index (κ1) is 15.2. The summed E-state index contributed by atoms with van der Waals surface area (Å²) in [7, 11) is 1.32. The normalized spacial score (nSPS) is 11.3. The lowest BCUT2D eigenvalue weighted by molar-refractivity contribution is -0.137. The number of rotatable bonds is 3. The van der Waals surface area contributed by atoms with Gasteiger partial charge in [0, 0.05) is 13.6 Å². The van der Waals surface area contributed by atoms with Crippen LogP contribution in [0.4, 0.5) is 28.0 Å². The first-order valence-electron chi connectivity index (χ1n) is 5.25. The molecule has 106 valence electrons. The molecule has 2 amide bonds. The zero-order valence-corrected chi connectivity index (χ0v) is 9.96. The highest BCUT2D eigenvalue weighted by Gasteiger charge is 2.31. The minimum atomic E-state index is -4.62. The number of likely N-dealkylation sites (N-methyl/N-ethyl adjacent to an activating group) is 1. The number of urea groups is 1. The molecule has 0 spiro atoms. The fourth-order valence-corrected chi connectivity index (χ4v) is 1.26. The van der Waals surface area contributed by atoms with Crippen LogP contribution in [-0.2, 0) is 6.18 Å². The molecule has 1 rings (SSSR count). The van der Waals surface area contributed by atoms with Crippen LogP contribution in [0.3, 0.4) is 0 Å². The predicted octanol–water partition coefficient (Wildman–Crippen LogP) is 2.30. The van der Waals surface area contributed by atoms with Gasteiger partial charge in [-0.2, -0.15) is 13.2 Å². The van der Waals surface area contributed by atoms with Crippen molar-refractivity contribution in [2.24, 2.45) is 0 Å². The van der Waals surface area contributed by atoms with Gasteiger partial charge in [0.05, 0.1) is 17.9 Å². The number of anilines is 1. The Labute approximate surface area is 106 Å². The number of nitrogens with one attached hydrogen (secondary N) is 1. The SMILES string of the molecule is CN(CCO)C(=O)Nc1cc(C(F)(F)F)ccc1F. The van der Waals surface area contributed by atoms with Gasteiger partial charge in [-0.1, -0.05) is 0 Å². The molecule has 4 nitrogen and oxygen atoms in total. The fourth-order valence-electron chi connectivity index (χ4n) is 1.26. The Morgan fingerprint density at radius 3 is 2.58 bits per heavy atom. The maximum Gasteiger partial charge on any atom is 0.416 e. The Balaban J connectivity index is 2.92. The van der Waals surface area contributed by atoms with Gasteiger partial charge in [0.1, 0.15) is 5.82 Å². The third-order valence-corrected chi connectivity index (χ3v) is 2.32. The van der Waals surface area contributed by atoms with Gasteiger partial charge in [-0.3, -0.25) is 0 Å². The second-order valence-electron chi connectivity index (χ2n) is 3.77. The average molecular weight is 280 g/mol. The van der Waals surface area contributed by atoms with Crippen molar-refractivity contribution in [3.05, 3.63) is 29.6 Å². The van der Waals surface area contributed by atoms with Crippen LogP contribution in [0.1, 0.15) is 5.56 Å². The van der Waals surface area contributed by atoms with Gasteiger partial charge < -0.3 is 15.3 Å². The van der Waals surface area contributed by atoms with E-state index < -0.39 is 29.3 Å². The maximum atomic E-state index is 13.3. The molecule has 0 bridgehead atoms. The highest BCUT2D eigenvalue weighted by atomic mass is 19.4. The van der Waals surface area contributed by atoms with Crippen LogP contribution in [0.25, 0.3) is 0 Å². The lowest BCUT2D eigenvalue weighted by Gasteiger charge is -2.17. The summed E-state index contributed by atoms with van der Waals surface area (Å²) in [6.45, 7) is -0.332. The summed E-state index contributed by atoms with van der Waals surface area (Å²) in [5.41, 5.74) is -1.63. The molecule has 0 aliphatic heterocycles. The van der Waals surface area contributed by atoms with Crippen molar-refractivity contribution < 1.29 is 27.5 Å². The Hall–Kier alpha value is -1.83. The number of hydrogen-bond donors (Lipinski definition) is 2. The first-order chi connectivity index (χ1) is 8.75. The van der Waals surface area contributed by atoms with Gasteiger partial charge in [0.2, 0.25) is 0 Å². The minimum Gasteiger partial charge on any atom is -0.395 e. The molecule has 0 saturated heterocycles. The molecule has 0 saturated carbocycles. The van der Waals surface area contributed by atoms with E-state index in [0.29, 0.717) is 18.2 Å². The molecule has 0 atom stereocenters. The molecular formula is C11H12F4N2O2. The van der Waals surface area contributed by atoms with Gasteiger partial charge >= 0.3 is 12.2 Å². The minimum absolute atomic E-state index is 0.0214. The van der Waals surface area contributed by atoms with E-state index in [1.165, 1.54) is 7.05 Å². The van der Waals surface area contributed by atoms with Crippen LogP contribution < -0.4 is 5.32 Å². The maximum absolute atomic E-state index is 13.3. The van der Waals surface area contributed by atoms with Gasteiger partial charge in [-0.05, 0) is 18.2 Å². The Morgan fingerprint density at radius 2 is 2.05 bits per heavy atom. The van der Waals surface area contributed by atoms with Gasteiger partial charge in [-0.25, -0.2) is 9.18 Å². The lowest BCUT2D eigenvalue weighted by Crippen LogP contribution is -2.33. The first-order valence-corrected chi connectivity index (χ1v) is 5.25. The number of hydrogen-bond acceptors (Lipinski definition) is 2. The van der Waals surface area contributed by atoms with Crippen molar-refractivity contribution in [1.82, 2.24) is 4.90 Å². The number of benzene rings is 1. The second kappa shape index (κ2) is 5.87. The summed E-state index contributed by atoms with van der Waals surface area (Å²) < 4.78 is 50.6. The fraction of sp³-hybridized carbons (Fsp3) is 0.364. The standard InChI is InChI=1S/C11H12F4N2O2/c1-17(4-5-18)10(19)16-9-6-7(11(13,14)15)2-3-8(9)12/h2-3,6,18H,4-5H2,1H3,(H,16,19). The van der Waals surface area contributed by atoms with Crippen molar-refractivity contribution in [2.75, 3.05) is 25.5 Å². The van der Waals surface area contributed by atoms with E-state index in [1.807, 2.05) is 5.32 Å². The quantitative estimate of drug-likeness (QED) is 0.835. The summed E-state index contributed by atoms with van der Waals surface area (Å²) in [6, 6.07) is 0.916. The van der Waals surface area contributed by atoms with E-state index in [9.17, 15) is 22.4 Å². The van der Waals surface area contributed by atoms with Gasteiger partial charge in [-0.15, -0.1) is 0 Å². The number of carbonyl (C=O) groups is 1. The second-order valence-corrected chi connectivity index (χ2v) is 3.77. The van der Waals surface area contributed by atoms with Crippen molar-refractivity contribution in [3.8, 4) is 0 Å². The molecule has 1 aromatic carbocycles. The topological polar surface area (TPSA) is 52.6 Å². The zero-order chi connectivity index (χ0) is 14.6. The van der Waals surface area contributed by atoms with Crippen LogP contribution >= 0.6 is 0 Å². The van der Waals surface area contributed by atoms with Crippen LogP contribution in [0.15, 0.2) is 18.2 Å². The highest BCUT2D eigenvalue weighted by molar-refractivity contribution is 5.89. The van der Waals surface area contributed by atoms with Crippen molar-refractivity contribution in [2.45, 2.75) is 6.18 Å². The van der Waals surface area contributed by atoms with Crippen LogP contribution in [0.5, 0.6) is 0 Å². The molecule has 0 radical (unpaired) electrons. The van der Waals surface area contributed by atoms with E-state index >= 15 is 0 Å². The predicted molar refractivity (Wildman–Crippen MR) is 60.1 cm³/mol. The number of halogens is 4. The molecule has 0 fully saturated rings. The number of carbonyl (C=O) groups excluding carboxylic acids is 1. The van der Waals surface area contributed by atoms with Crippen molar-refractivity contribution in [1.29, 1.82) is 0 Å². The monoisotopic (exact) mass is 280 g/mol. The summed E-state index contributed by atoms with van der Waals surface area (Å²) in [5.74, 6) is -0.973.